The lowest BCUT2D eigenvalue weighted by molar-refractivity contribution is -0.146. The van der Waals surface area contributed by atoms with Gasteiger partial charge in [-0.25, -0.2) is 4.79 Å². The number of amides is 2. The Hall–Kier alpha value is -4.50. The van der Waals surface area contributed by atoms with Crippen LogP contribution in [0.1, 0.15) is 110 Å². The quantitative estimate of drug-likeness (QED) is 0.0320. The first-order valence-electron chi connectivity index (χ1n) is 18.8. The van der Waals surface area contributed by atoms with Crippen LogP contribution in [0.15, 0.2) is 109 Å². The van der Waals surface area contributed by atoms with E-state index in [0.717, 1.165) is 70.6 Å². The zero-order chi connectivity index (χ0) is 38.3. The molecule has 2 atom stereocenters. The van der Waals surface area contributed by atoms with Gasteiger partial charge >= 0.3 is 11.9 Å². The largest absolute Gasteiger partial charge is 0.480 e. The third-order valence-corrected chi connectivity index (χ3v) is 7.28. The predicted octanol–water partition coefficient (Wildman–Crippen LogP) is 8.47. The molecule has 2 unspecified atom stereocenters. The minimum absolute atomic E-state index is 0.191. The third kappa shape index (κ3) is 32.7. The Labute approximate surface area is 312 Å². The molecule has 0 aliphatic rings. The van der Waals surface area contributed by atoms with Crippen LogP contribution in [0.25, 0.3) is 0 Å². The number of hydrogen-bond acceptors (Lipinski definition) is 6. The van der Waals surface area contributed by atoms with Gasteiger partial charge in [0.25, 0.3) is 0 Å². The second-order valence-corrected chi connectivity index (χ2v) is 11.9. The van der Waals surface area contributed by atoms with Crippen molar-refractivity contribution in [2.24, 2.45) is 0 Å². The highest BCUT2D eigenvalue weighted by Crippen LogP contribution is 2.12. The van der Waals surface area contributed by atoms with Crippen LogP contribution in [0.3, 0.4) is 0 Å². The van der Waals surface area contributed by atoms with Crippen LogP contribution >= 0.6 is 0 Å². The van der Waals surface area contributed by atoms with Crippen molar-refractivity contribution in [1.29, 1.82) is 0 Å². The van der Waals surface area contributed by atoms with Crippen molar-refractivity contribution in [3.63, 3.8) is 0 Å². The van der Waals surface area contributed by atoms with E-state index in [1.807, 2.05) is 24.3 Å². The van der Waals surface area contributed by atoms with Gasteiger partial charge in [0, 0.05) is 6.42 Å². The van der Waals surface area contributed by atoms with Crippen LogP contribution in [0.4, 0.5) is 0 Å². The van der Waals surface area contributed by atoms with E-state index in [9.17, 15) is 19.2 Å². The number of carboxylic acid groups (broad SMARTS) is 1. The lowest BCUT2D eigenvalue weighted by Crippen LogP contribution is -2.47. The summed E-state index contributed by atoms with van der Waals surface area (Å²) in [7, 11) is 0. The molecule has 9 heteroatoms. The number of ether oxygens (including phenoxy) is 1. The maximum Gasteiger partial charge on any atom is 0.328 e. The monoisotopic (exact) mass is 720 g/mol. The topological polar surface area (TPSA) is 142 Å². The molecule has 0 rings (SSSR count). The van der Waals surface area contributed by atoms with E-state index in [1.165, 1.54) is 0 Å². The fourth-order valence-electron chi connectivity index (χ4n) is 4.46. The van der Waals surface area contributed by atoms with Crippen LogP contribution in [-0.4, -0.2) is 59.3 Å². The van der Waals surface area contributed by atoms with Gasteiger partial charge in [0.2, 0.25) is 11.8 Å². The number of carboxylic acids is 1. The molecule has 0 aliphatic heterocycles. The molecular formula is C43H64N2O7. The molecule has 0 bridgehead atoms. The van der Waals surface area contributed by atoms with Gasteiger partial charge in [-0.05, 0) is 83.1 Å². The Morgan fingerprint density at radius 3 is 1.52 bits per heavy atom. The summed E-state index contributed by atoms with van der Waals surface area (Å²) in [5.41, 5.74) is 0. The fourth-order valence-corrected chi connectivity index (χ4v) is 4.46. The molecule has 0 aromatic carbocycles. The second kappa shape index (κ2) is 36.3. The molecule has 0 aliphatic carbocycles. The molecule has 0 saturated heterocycles. The minimum Gasteiger partial charge on any atom is -0.480 e. The van der Waals surface area contributed by atoms with Gasteiger partial charge in [-0.15, -0.1) is 0 Å². The molecule has 288 valence electrons. The van der Waals surface area contributed by atoms with Crippen LogP contribution < -0.4 is 10.6 Å². The summed E-state index contributed by atoms with van der Waals surface area (Å²) in [6.07, 6.45) is 48.6. The first kappa shape index (κ1) is 47.5. The number of nitrogens with one attached hydrogen (secondary N) is 2. The maximum absolute atomic E-state index is 12.6. The second-order valence-electron chi connectivity index (χ2n) is 11.9. The number of hydrogen-bond donors (Lipinski definition) is 4. The van der Waals surface area contributed by atoms with Crippen molar-refractivity contribution in [1.82, 2.24) is 10.6 Å². The van der Waals surface area contributed by atoms with E-state index in [4.69, 9.17) is 14.9 Å². The molecule has 0 spiro atoms. The fraction of sp³-hybridized carbons (Fsp3) is 0.488. The van der Waals surface area contributed by atoms with E-state index < -0.39 is 24.5 Å². The zero-order valence-corrected chi connectivity index (χ0v) is 31.5. The lowest BCUT2D eigenvalue weighted by Gasteiger charge is -2.14. The number of carbonyl (C=O) groups excluding carboxylic acids is 3. The number of aliphatic hydroxyl groups excluding tert-OH is 1. The van der Waals surface area contributed by atoms with Crippen LogP contribution in [0.2, 0.25) is 0 Å². The number of esters is 1. The third-order valence-electron chi connectivity index (χ3n) is 7.28. The number of carbonyl (C=O) groups is 4. The molecule has 0 radical (unpaired) electrons. The molecule has 0 heterocycles. The molecule has 9 nitrogen and oxygen atoms in total. The van der Waals surface area contributed by atoms with Gasteiger partial charge in [0.05, 0.1) is 19.6 Å². The maximum atomic E-state index is 12.6. The van der Waals surface area contributed by atoms with Crippen LogP contribution in [0, 0.1) is 0 Å². The van der Waals surface area contributed by atoms with Crippen molar-refractivity contribution >= 4 is 23.8 Å². The first-order valence-corrected chi connectivity index (χ1v) is 18.8. The molecule has 52 heavy (non-hydrogen) atoms. The number of unbranched alkanes of at least 4 members (excludes halogenated alkanes) is 2. The number of aliphatic carboxylic acids is 1. The number of aliphatic hydroxyl groups is 1. The highest BCUT2D eigenvalue weighted by atomic mass is 16.5. The summed E-state index contributed by atoms with van der Waals surface area (Å²) in [5, 5.41) is 22.5. The normalized spacial score (nSPS) is 13.8. The first-order chi connectivity index (χ1) is 25.3. The average Bonchev–Trinajstić information content (AvgIpc) is 3.13. The van der Waals surface area contributed by atoms with Crippen molar-refractivity contribution in [2.75, 3.05) is 13.2 Å². The summed E-state index contributed by atoms with van der Waals surface area (Å²) in [5.74, 6) is -2.67. The average molecular weight is 721 g/mol. The van der Waals surface area contributed by atoms with Crippen molar-refractivity contribution in [3.8, 4) is 0 Å². The minimum atomic E-state index is -1.41. The molecule has 0 saturated carbocycles. The Kier molecular flexibility index (Phi) is 33.2. The summed E-state index contributed by atoms with van der Waals surface area (Å²) in [4.78, 5) is 47.5. The zero-order valence-electron chi connectivity index (χ0n) is 31.5. The predicted molar refractivity (Wildman–Crippen MR) is 212 cm³/mol. The van der Waals surface area contributed by atoms with Gasteiger partial charge in [0.1, 0.15) is 12.1 Å². The highest BCUT2D eigenvalue weighted by molar-refractivity contribution is 5.87. The smallest absolute Gasteiger partial charge is 0.328 e. The van der Waals surface area contributed by atoms with Crippen molar-refractivity contribution in [3.05, 3.63) is 109 Å². The highest BCUT2D eigenvalue weighted by Gasteiger charge is 2.18. The molecule has 2 amide bonds. The van der Waals surface area contributed by atoms with Gasteiger partial charge in [-0.1, -0.05) is 124 Å². The molecule has 0 fully saturated rings. The van der Waals surface area contributed by atoms with E-state index in [-0.39, 0.29) is 37.4 Å². The van der Waals surface area contributed by atoms with Crippen molar-refractivity contribution in [2.45, 2.75) is 122 Å². The van der Waals surface area contributed by atoms with E-state index >= 15 is 0 Å². The van der Waals surface area contributed by atoms with Crippen LogP contribution in [-0.2, 0) is 23.9 Å². The van der Waals surface area contributed by atoms with Gasteiger partial charge in [-0.3, -0.25) is 14.4 Å². The summed E-state index contributed by atoms with van der Waals surface area (Å²) >= 11 is 0. The summed E-state index contributed by atoms with van der Waals surface area (Å²) in [6, 6.07) is -1.41. The lowest BCUT2D eigenvalue weighted by atomic mass is 10.1. The summed E-state index contributed by atoms with van der Waals surface area (Å²) < 4.78 is 5.77. The van der Waals surface area contributed by atoms with Crippen molar-refractivity contribution < 1.29 is 34.1 Å². The van der Waals surface area contributed by atoms with Gasteiger partial charge in [-0.2, -0.15) is 0 Å². The Morgan fingerprint density at radius 1 is 0.596 bits per heavy atom. The van der Waals surface area contributed by atoms with Gasteiger partial charge in [0.15, 0.2) is 0 Å². The Balaban J connectivity index is 4.69. The Bertz CT molecular complexity index is 1240. The van der Waals surface area contributed by atoms with E-state index in [1.54, 1.807) is 0 Å². The molecule has 4 N–H and O–H groups in total. The van der Waals surface area contributed by atoms with E-state index in [0.29, 0.717) is 12.8 Å². The van der Waals surface area contributed by atoms with E-state index in [2.05, 4.69) is 110 Å². The molecular weight excluding hydrogens is 656 g/mol. The Morgan fingerprint density at radius 2 is 1.06 bits per heavy atom. The number of rotatable bonds is 31. The standard InChI is InChI=1S/C43H64N2O7/c1-3-5-7-9-11-13-15-16-17-18-20-22-24-26-31-35-42(49)52-38(32-28-25-23-21-19-14-12-10-8-6-4-2)33-29-27-30-34-40(47)44-36-41(48)45-39(37-46)43(50)51/h5-8,11-14,16-17,20-23,26,28,31-32,38-39,46H,3-4,9-10,15,18-19,24-25,27,29-30,33-37H2,1-2H3,(H,44,47)(H,45,48)(H,50,51)/b7-5-,8-6-,13-11-,14-12-,17-16-,22-20-,23-21-,31-26-,32-28-. The SMILES string of the molecule is CC/C=C\C/C=C\C/C=C\C/C=C\C/C=C\CC(=O)OC(/C=C\C/C=C\C/C=C\C/C=C\CC)CCCCCC(=O)NCC(=O)NC(CO)C(=O)O. The summed E-state index contributed by atoms with van der Waals surface area (Å²) in [6.45, 7) is 3.14. The molecule has 0 aromatic rings. The molecule has 0 aromatic heterocycles. The number of allylic oxidation sites excluding steroid dienone is 16. The van der Waals surface area contributed by atoms with Gasteiger partial charge < -0.3 is 25.6 Å². The van der Waals surface area contributed by atoms with Crippen LogP contribution in [0.5, 0.6) is 0 Å².